The van der Waals surface area contributed by atoms with E-state index in [-0.39, 0.29) is 12.5 Å². The summed E-state index contributed by atoms with van der Waals surface area (Å²) in [5.74, 6) is -0.0648. The normalized spacial score (nSPS) is 11.6. The monoisotopic (exact) mass is 398 g/mol. The fourth-order valence-electron chi connectivity index (χ4n) is 3.03. The van der Waals surface area contributed by atoms with Crippen LogP contribution in [0.2, 0.25) is 0 Å². The zero-order chi connectivity index (χ0) is 20.3. The first kappa shape index (κ1) is 19.8. The van der Waals surface area contributed by atoms with Gasteiger partial charge in [0.05, 0.1) is 23.9 Å². The molecule has 0 spiro atoms. The van der Waals surface area contributed by atoms with Gasteiger partial charge in [-0.05, 0) is 62.2 Å². The van der Waals surface area contributed by atoms with E-state index in [4.69, 9.17) is 9.47 Å². The van der Waals surface area contributed by atoms with Gasteiger partial charge in [0.2, 0.25) is 0 Å². The molecule has 0 saturated heterocycles. The van der Waals surface area contributed by atoms with E-state index in [0.717, 1.165) is 21.3 Å². The van der Waals surface area contributed by atoms with Gasteiger partial charge >= 0.3 is 5.97 Å². The highest BCUT2D eigenvalue weighted by Crippen LogP contribution is 2.23. The number of ether oxygens (including phenoxy) is 2. The Kier molecular flexibility index (Phi) is 5.94. The molecule has 0 bridgehead atoms. The molecule has 0 aliphatic heterocycles. The Hall–Kier alpha value is -2.93. The predicted octanol–water partition coefficient (Wildman–Crippen LogP) is 3.63. The average molecular weight is 398 g/mol. The topological polar surface area (TPSA) is 69.9 Å². The molecule has 1 heterocycles. The van der Waals surface area contributed by atoms with Gasteiger partial charge in [-0.1, -0.05) is 17.4 Å². The van der Waals surface area contributed by atoms with Crippen molar-refractivity contribution in [1.29, 1.82) is 0 Å². The Labute approximate surface area is 167 Å². The van der Waals surface area contributed by atoms with E-state index in [1.165, 1.54) is 18.4 Å². The third-order valence-corrected chi connectivity index (χ3v) is 5.26. The molecule has 3 aromatic rings. The fourth-order valence-corrected chi connectivity index (χ4v) is 4.23. The summed E-state index contributed by atoms with van der Waals surface area (Å²) in [4.78, 5) is 29.4. The van der Waals surface area contributed by atoms with Gasteiger partial charge in [-0.25, -0.2) is 0 Å². The van der Waals surface area contributed by atoms with Crippen molar-refractivity contribution in [1.82, 2.24) is 4.57 Å². The zero-order valence-electron chi connectivity index (χ0n) is 16.3. The summed E-state index contributed by atoms with van der Waals surface area (Å²) in [7, 11) is 1.34. The molecule has 2 aromatic carbocycles. The predicted molar refractivity (Wildman–Crippen MR) is 109 cm³/mol. The third kappa shape index (κ3) is 4.14. The second-order valence-corrected chi connectivity index (χ2v) is 7.36. The van der Waals surface area contributed by atoms with Crippen LogP contribution in [0.15, 0.2) is 41.4 Å². The van der Waals surface area contributed by atoms with Crippen LogP contribution < -0.4 is 9.54 Å². The average Bonchev–Trinajstić information content (AvgIpc) is 2.99. The van der Waals surface area contributed by atoms with Gasteiger partial charge in [0.15, 0.2) is 4.80 Å². The SMILES string of the molecule is CCOc1ccc(C(=O)N=c2sc3cc(C)cc(C)c3n2CC(=O)OC)cc1. The molecular formula is C21H22N2O4S. The van der Waals surface area contributed by atoms with Crippen LogP contribution in [0.4, 0.5) is 0 Å². The number of hydrogen-bond acceptors (Lipinski definition) is 5. The lowest BCUT2D eigenvalue weighted by molar-refractivity contribution is -0.141. The zero-order valence-corrected chi connectivity index (χ0v) is 17.1. The van der Waals surface area contributed by atoms with Crippen LogP contribution in [0, 0.1) is 13.8 Å². The van der Waals surface area contributed by atoms with Crippen LogP contribution in [-0.2, 0) is 16.1 Å². The lowest BCUT2D eigenvalue weighted by Crippen LogP contribution is -2.22. The molecule has 28 heavy (non-hydrogen) atoms. The smallest absolute Gasteiger partial charge is 0.325 e. The molecule has 3 rings (SSSR count). The Morgan fingerprint density at radius 2 is 1.86 bits per heavy atom. The summed E-state index contributed by atoms with van der Waals surface area (Å²) in [5.41, 5.74) is 3.48. The number of thiazole rings is 1. The molecule has 0 aliphatic carbocycles. The minimum absolute atomic E-state index is 0.00417. The summed E-state index contributed by atoms with van der Waals surface area (Å²) in [6.07, 6.45) is 0. The van der Waals surface area contributed by atoms with Gasteiger partial charge in [-0.2, -0.15) is 4.99 Å². The molecule has 0 N–H and O–H groups in total. The summed E-state index contributed by atoms with van der Waals surface area (Å²) >= 11 is 1.38. The number of carbonyl (C=O) groups excluding carboxylic acids is 2. The minimum atomic E-state index is -0.394. The summed E-state index contributed by atoms with van der Waals surface area (Å²) < 4.78 is 12.9. The number of methoxy groups -OCH3 is 1. The molecular weight excluding hydrogens is 376 g/mol. The minimum Gasteiger partial charge on any atom is -0.494 e. The van der Waals surface area contributed by atoms with Crippen LogP contribution in [0.25, 0.3) is 10.2 Å². The van der Waals surface area contributed by atoms with Crippen molar-refractivity contribution >= 4 is 33.4 Å². The Bertz CT molecular complexity index is 1090. The third-order valence-electron chi connectivity index (χ3n) is 4.24. The number of amides is 1. The molecule has 0 fully saturated rings. The van der Waals surface area contributed by atoms with Gasteiger partial charge in [-0.15, -0.1) is 0 Å². The molecule has 0 atom stereocenters. The van der Waals surface area contributed by atoms with Crippen LogP contribution >= 0.6 is 11.3 Å². The van der Waals surface area contributed by atoms with E-state index in [1.54, 1.807) is 28.8 Å². The van der Waals surface area contributed by atoms with Crippen molar-refractivity contribution < 1.29 is 19.1 Å². The molecule has 7 heteroatoms. The highest BCUT2D eigenvalue weighted by Gasteiger charge is 2.14. The molecule has 0 radical (unpaired) electrons. The van der Waals surface area contributed by atoms with E-state index in [2.05, 4.69) is 4.99 Å². The van der Waals surface area contributed by atoms with Gasteiger partial charge < -0.3 is 14.0 Å². The number of esters is 1. The standard InChI is InChI=1S/C21H22N2O4S/c1-5-27-16-8-6-15(7-9-16)20(25)22-21-23(12-18(24)26-4)19-14(3)10-13(2)11-17(19)28-21/h6-11H,5,12H2,1-4H3. The molecule has 6 nitrogen and oxygen atoms in total. The Morgan fingerprint density at radius 1 is 1.14 bits per heavy atom. The van der Waals surface area contributed by atoms with Crippen molar-refractivity contribution in [2.75, 3.05) is 13.7 Å². The second kappa shape index (κ2) is 8.39. The number of aromatic nitrogens is 1. The van der Waals surface area contributed by atoms with Crippen LogP contribution in [-0.4, -0.2) is 30.2 Å². The van der Waals surface area contributed by atoms with Crippen molar-refractivity contribution in [2.45, 2.75) is 27.3 Å². The van der Waals surface area contributed by atoms with E-state index in [1.807, 2.05) is 32.9 Å². The number of rotatable bonds is 5. The van der Waals surface area contributed by atoms with Crippen LogP contribution in [0.3, 0.4) is 0 Å². The molecule has 1 amide bonds. The molecule has 146 valence electrons. The van der Waals surface area contributed by atoms with Crippen molar-refractivity contribution in [2.24, 2.45) is 4.99 Å². The van der Waals surface area contributed by atoms with Crippen LogP contribution in [0.5, 0.6) is 5.75 Å². The summed E-state index contributed by atoms with van der Waals surface area (Å²) in [6.45, 7) is 6.45. The first-order valence-corrected chi connectivity index (χ1v) is 9.74. The number of benzene rings is 2. The van der Waals surface area contributed by atoms with Crippen molar-refractivity contribution in [3.63, 3.8) is 0 Å². The van der Waals surface area contributed by atoms with Gasteiger partial charge in [0.1, 0.15) is 12.3 Å². The Morgan fingerprint density at radius 3 is 2.50 bits per heavy atom. The number of fused-ring (bicyclic) bond motifs is 1. The number of aryl methyl sites for hydroxylation is 2. The summed E-state index contributed by atoms with van der Waals surface area (Å²) in [6, 6.07) is 10.9. The molecule has 0 saturated carbocycles. The van der Waals surface area contributed by atoms with Gasteiger partial charge in [-0.3, -0.25) is 9.59 Å². The maximum absolute atomic E-state index is 12.7. The lowest BCUT2D eigenvalue weighted by Gasteiger charge is -2.06. The number of hydrogen-bond donors (Lipinski definition) is 0. The Balaban J connectivity index is 2.09. The lowest BCUT2D eigenvalue weighted by atomic mass is 10.1. The molecule has 1 aromatic heterocycles. The van der Waals surface area contributed by atoms with E-state index >= 15 is 0 Å². The number of carbonyl (C=O) groups is 2. The summed E-state index contributed by atoms with van der Waals surface area (Å²) in [5, 5.41) is 0. The highest BCUT2D eigenvalue weighted by atomic mass is 32.1. The molecule has 0 aliphatic rings. The molecule has 0 unspecified atom stereocenters. The van der Waals surface area contributed by atoms with Crippen LogP contribution in [0.1, 0.15) is 28.4 Å². The largest absolute Gasteiger partial charge is 0.494 e. The fraction of sp³-hybridized carbons (Fsp3) is 0.286. The van der Waals surface area contributed by atoms with E-state index in [9.17, 15) is 9.59 Å². The van der Waals surface area contributed by atoms with Gasteiger partial charge in [0, 0.05) is 5.56 Å². The number of nitrogens with zero attached hydrogens (tertiary/aromatic N) is 2. The van der Waals surface area contributed by atoms with Crippen molar-refractivity contribution in [3.05, 3.63) is 57.9 Å². The first-order chi connectivity index (χ1) is 13.4. The van der Waals surface area contributed by atoms with E-state index in [0.29, 0.717) is 22.7 Å². The highest BCUT2D eigenvalue weighted by molar-refractivity contribution is 7.16. The van der Waals surface area contributed by atoms with Gasteiger partial charge in [0.25, 0.3) is 5.91 Å². The quantitative estimate of drug-likeness (QED) is 0.616. The maximum Gasteiger partial charge on any atom is 0.325 e. The first-order valence-electron chi connectivity index (χ1n) is 8.92. The van der Waals surface area contributed by atoms with E-state index < -0.39 is 5.97 Å². The maximum atomic E-state index is 12.7. The van der Waals surface area contributed by atoms with Crippen molar-refractivity contribution in [3.8, 4) is 5.75 Å². The second-order valence-electron chi connectivity index (χ2n) is 6.35.